The highest BCUT2D eigenvalue weighted by molar-refractivity contribution is 9.10. The van der Waals surface area contributed by atoms with Crippen LogP contribution < -0.4 is 16.1 Å². The number of imidazole rings is 1. The van der Waals surface area contributed by atoms with Gasteiger partial charge in [-0.2, -0.15) is 5.10 Å². The summed E-state index contributed by atoms with van der Waals surface area (Å²) in [5, 5.41) is 9.28. The van der Waals surface area contributed by atoms with E-state index in [4.69, 9.17) is 16.0 Å². The van der Waals surface area contributed by atoms with Crippen molar-refractivity contribution >= 4 is 62.8 Å². The van der Waals surface area contributed by atoms with E-state index in [1.165, 1.54) is 12.3 Å². The number of carbonyl (C=O) groups excluding carboxylic acids is 3. The maximum absolute atomic E-state index is 12.6. The highest BCUT2D eigenvalue weighted by atomic mass is 79.9. The fourth-order valence-corrected chi connectivity index (χ4v) is 3.71. The molecule has 0 radical (unpaired) electrons. The molecule has 1 aromatic carbocycles. The maximum atomic E-state index is 12.6. The quantitative estimate of drug-likeness (QED) is 0.189. The molecule has 4 aromatic rings. The number of pyridine rings is 1. The second-order valence-electron chi connectivity index (χ2n) is 7.27. The summed E-state index contributed by atoms with van der Waals surface area (Å²) in [7, 11) is 0. The molecule has 0 aliphatic heterocycles. The van der Waals surface area contributed by atoms with E-state index in [2.05, 4.69) is 42.1 Å². The van der Waals surface area contributed by atoms with Gasteiger partial charge in [0.25, 0.3) is 5.91 Å². The fourth-order valence-electron chi connectivity index (χ4n) is 3.18. The Balaban J connectivity index is 1.30. The number of amides is 3. The zero-order chi connectivity index (χ0) is 24.9. The van der Waals surface area contributed by atoms with Crippen molar-refractivity contribution in [3.63, 3.8) is 0 Å². The van der Waals surface area contributed by atoms with Crippen LogP contribution in [0, 0.1) is 6.92 Å². The van der Waals surface area contributed by atoms with Gasteiger partial charge in [0.15, 0.2) is 0 Å². The van der Waals surface area contributed by atoms with Crippen LogP contribution in [0.3, 0.4) is 0 Å². The van der Waals surface area contributed by atoms with Crippen molar-refractivity contribution in [1.29, 1.82) is 0 Å². The number of carbonyl (C=O) groups is 3. The Hall–Kier alpha value is -3.96. The molecule has 12 heteroatoms. The third-order valence-electron chi connectivity index (χ3n) is 4.72. The van der Waals surface area contributed by atoms with Crippen LogP contribution in [0.2, 0.25) is 5.02 Å². The van der Waals surface area contributed by atoms with E-state index in [-0.39, 0.29) is 6.54 Å². The summed E-state index contributed by atoms with van der Waals surface area (Å²) >= 11 is 9.24. The highest BCUT2D eigenvalue weighted by Gasteiger charge is 2.17. The van der Waals surface area contributed by atoms with Crippen molar-refractivity contribution in [1.82, 2.24) is 20.1 Å². The lowest BCUT2D eigenvalue weighted by Crippen LogP contribution is -2.34. The summed E-state index contributed by atoms with van der Waals surface area (Å²) in [5.74, 6) is -1.37. The molecule has 0 atom stereocenters. The minimum Gasteiger partial charge on any atom is -0.458 e. The van der Waals surface area contributed by atoms with Gasteiger partial charge in [-0.1, -0.05) is 17.7 Å². The summed E-state index contributed by atoms with van der Waals surface area (Å²) in [5.41, 5.74) is 4.41. The van der Waals surface area contributed by atoms with E-state index >= 15 is 0 Å². The van der Waals surface area contributed by atoms with Crippen molar-refractivity contribution in [2.45, 2.75) is 13.5 Å². The molecule has 35 heavy (non-hydrogen) atoms. The van der Waals surface area contributed by atoms with Crippen molar-refractivity contribution in [3.8, 4) is 0 Å². The smallest absolute Gasteiger partial charge is 0.313 e. The van der Waals surface area contributed by atoms with Crippen LogP contribution in [0.1, 0.15) is 27.7 Å². The number of hydrazone groups is 1. The second kappa shape index (κ2) is 10.5. The number of halogens is 2. The van der Waals surface area contributed by atoms with Gasteiger partial charge in [0.1, 0.15) is 22.9 Å². The number of nitrogens with one attached hydrogen (secondary N) is 3. The highest BCUT2D eigenvalue weighted by Crippen LogP contribution is 2.17. The number of anilines is 1. The fraction of sp³-hybridized carbons (Fsp3) is 0.0870. The average Bonchev–Trinajstić information content (AvgIpc) is 3.40. The van der Waals surface area contributed by atoms with E-state index in [9.17, 15) is 14.4 Å². The Kier molecular flexibility index (Phi) is 7.28. The van der Waals surface area contributed by atoms with E-state index < -0.39 is 17.7 Å². The molecule has 0 saturated carbocycles. The summed E-state index contributed by atoms with van der Waals surface area (Å²) < 4.78 is 8.01. The molecule has 3 aromatic heterocycles. The first-order chi connectivity index (χ1) is 16.8. The monoisotopic (exact) mass is 556 g/mol. The lowest BCUT2D eigenvalue weighted by molar-refractivity contribution is -0.136. The third kappa shape index (κ3) is 5.94. The summed E-state index contributed by atoms with van der Waals surface area (Å²) in [6, 6.07) is 13.3. The standard InChI is InChI=1S/C23H18BrClN6O4/c1-13-20(31-12-14(24)5-8-19(31)28-13)21(32)30-27-11-18-7-6-17(35-18)10-26-22(33)23(34)29-16-4-2-3-15(25)9-16/h2-9,11-12H,10H2,1H3,(H,26,33)(H,29,34)(H,30,32)/b27-11+. The summed E-state index contributed by atoms with van der Waals surface area (Å²) in [6.07, 6.45) is 3.07. The number of nitrogens with zero attached hydrogens (tertiary/aromatic N) is 3. The van der Waals surface area contributed by atoms with E-state index in [0.717, 1.165) is 4.47 Å². The normalized spacial score (nSPS) is 11.1. The van der Waals surface area contributed by atoms with Gasteiger partial charge in [-0.15, -0.1) is 0 Å². The molecule has 0 bridgehead atoms. The minimum absolute atomic E-state index is 0.0160. The van der Waals surface area contributed by atoms with Gasteiger partial charge in [0.05, 0.1) is 18.5 Å². The van der Waals surface area contributed by atoms with Crippen LogP contribution in [0.25, 0.3) is 5.65 Å². The zero-order valence-corrected chi connectivity index (χ0v) is 20.6. The number of aryl methyl sites for hydroxylation is 1. The zero-order valence-electron chi connectivity index (χ0n) is 18.2. The number of rotatable bonds is 6. The van der Waals surface area contributed by atoms with Gasteiger partial charge in [-0.05, 0) is 65.3 Å². The summed E-state index contributed by atoms with van der Waals surface area (Å²) in [4.78, 5) is 41.0. The number of hydrogen-bond acceptors (Lipinski definition) is 6. The third-order valence-corrected chi connectivity index (χ3v) is 5.43. The van der Waals surface area contributed by atoms with Gasteiger partial charge in [-0.25, -0.2) is 10.4 Å². The first-order valence-corrected chi connectivity index (χ1v) is 11.4. The average molecular weight is 558 g/mol. The largest absolute Gasteiger partial charge is 0.458 e. The minimum atomic E-state index is -0.835. The molecule has 0 aliphatic carbocycles. The van der Waals surface area contributed by atoms with Crippen molar-refractivity contribution < 1.29 is 18.8 Å². The number of furan rings is 1. The molecule has 0 saturated heterocycles. The van der Waals surface area contributed by atoms with Gasteiger partial charge < -0.3 is 15.1 Å². The first-order valence-electron chi connectivity index (χ1n) is 10.2. The molecule has 0 unspecified atom stereocenters. The molecule has 3 heterocycles. The Morgan fingerprint density at radius 3 is 2.80 bits per heavy atom. The van der Waals surface area contributed by atoms with Crippen molar-refractivity contribution in [2.24, 2.45) is 5.10 Å². The second-order valence-corrected chi connectivity index (χ2v) is 8.62. The lowest BCUT2D eigenvalue weighted by atomic mass is 10.3. The molecule has 0 fully saturated rings. The SMILES string of the molecule is Cc1nc2ccc(Br)cn2c1C(=O)N/N=C/c1ccc(CNC(=O)C(=O)Nc2cccc(Cl)c2)o1. The lowest BCUT2D eigenvalue weighted by Gasteiger charge is -2.05. The van der Waals surface area contributed by atoms with Crippen LogP contribution in [0.4, 0.5) is 5.69 Å². The van der Waals surface area contributed by atoms with Crippen LogP contribution in [0.5, 0.6) is 0 Å². The topological polar surface area (TPSA) is 130 Å². The molecule has 10 nitrogen and oxygen atoms in total. The Morgan fingerprint density at radius 2 is 2.00 bits per heavy atom. The Labute approximate surface area is 212 Å². The number of hydrogen-bond donors (Lipinski definition) is 3. The summed E-state index contributed by atoms with van der Waals surface area (Å²) in [6.45, 7) is 1.72. The van der Waals surface area contributed by atoms with E-state index in [1.54, 1.807) is 53.9 Å². The number of benzene rings is 1. The molecular formula is C23H18BrClN6O4. The van der Waals surface area contributed by atoms with Crippen molar-refractivity contribution in [2.75, 3.05) is 5.32 Å². The van der Waals surface area contributed by atoms with Crippen LogP contribution in [-0.2, 0) is 16.1 Å². The molecule has 3 amide bonds. The molecule has 4 rings (SSSR count). The molecule has 0 aliphatic rings. The number of fused-ring (bicyclic) bond motifs is 1. The van der Waals surface area contributed by atoms with Crippen LogP contribution in [0.15, 0.2) is 68.7 Å². The number of aromatic nitrogens is 2. The predicted molar refractivity (Wildman–Crippen MR) is 133 cm³/mol. The van der Waals surface area contributed by atoms with Gasteiger partial charge in [-0.3, -0.25) is 18.8 Å². The molecule has 0 spiro atoms. The maximum Gasteiger partial charge on any atom is 0.313 e. The molecular weight excluding hydrogens is 540 g/mol. The van der Waals surface area contributed by atoms with Crippen molar-refractivity contribution in [3.05, 3.63) is 87.1 Å². The van der Waals surface area contributed by atoms with Crippen LogP contribution in [-0.4, -0.2) is 33.3 Å². The van der Waals surface area contributed by atoms with Gasteiger partial charge in [0.2, 0.25) is 0 Å². The Bertz CT molecular complexity index is 1460. The van der Waals surface area contributed by atoms with Gasteiger partial charge >= 0.3 is 11.8 Å². The van der Waals surface area contributed by atoms with E-state index in [0.29, 0.717) is 39.3 Å². The first kappa shape index (κ1) is 24.2. The van der Waals surface area contributed by atoms with E-state index in [1.807, 2.05) is 6.07 Å². The van der Waals surface area contributed by atoms with Gasteiger partial charge in [0, 0.05) is 21.4 Å². The molecule has 178 valence electrons. The molecule has 3 N–H and O–H groups in total. The predicted octanol–water partition coefficient (Wildman–Crippen LogP) is 3.67. The Morgan fingerprint density at radius 1 is 1.17 bits per heavy atom. The van der Waals surface area contributed by atoms with Crippen LogP contribution >= 0.6 is 27.5 Å².